The van der Waals surface area contributed by atoms with Gasteiger partial charge >= 0.3 is 0 Å². The van der Waals surface area contributed by atoms with Crippen LogP contribution in [0.15, 0.2) is 41.9 Å². The molecule has 0 saturated heterocycles. The predicted octanol–water partition coefficient (Wildman–Crippen LogP) is 4.69. The van der Waals surface area contributed by atoms with E-state index in [4.69, 9.17) is 4.74 Å². The van der Waals surface area contributed by atoms with Crippen molar-refractivity contribution in [2.45, 2.75) is 38.1 Å². The first-order chi connectivity index (χ1) is 9.55. The van der Waals surface area contributed by atoms with E-state index in [0.29, 0.717) is 12.5 Å². The fraction of sp³-hybridized carbons (Fsp3) is 0.471. The second kappa shape index (κ2) is 6.57. The maximum absolute atomic E-state index is 5.67. The fourth-order valence-corrected chi connectivity index (χ4v) is 2.65. The van der Waals surface area contributed by atoms with Crippen LogP contribution in [0.1, 0.15) is 43.7 Å². The molecule has 0 bridgehead atoms. The number of ether oxygens (including phenoxy) is 1. The van der Waals surface area contributed by atoms with Gasteiger partial charge in [0.05, 0.1) is 5.54 Å². The Morgan fingerprint density at radius 2 is 2.10 bits per heavy atom. The van der Waals surface area contributed by atoms with Crippen LogP contribution in [0.25, 0.3) is 0 Å². The van der Waals surface area contributed by atoms with Gasteiger partial charge in [-0.2, -0.15) is 0 Å². The molecule has 1 heterocycles. The van der Waals surface area contributed by atoms with E-state index < -0.39 is 0 Å². The van der Waals surface area contributed by atoms with E-state index in [0.717, 1.165) is 29.6 Å². The van der Waals surface area contributed by atoms with E-state index in [1.807, 2.05) is 6.08 Å². The summed E-state index contributed by atoms with van der Waals surface area (Å²) in [7, 11) is 0. The third kappa shape index (κ3) is 3.72. The van der Waals surface area contributed by atoms with Crippen LogP contribution in [-0.4, -0.2) is 23.4 Å². The second-order valence-corrected chi connectivity index (χ2v) is 6.61. The van der Waals surface area contributed by atoms with Crippen LogP contribution in [0, 0.1) is 0 Å². The molecule has 0 N–H and O–H groups in total. The van der Waals surface area contributed by atoms with Crippen molar-refractivity contribution in [3.8, 4) is 0 Å². The van der Waals surface area contributed by atoms with Crippen LogP contribution in [0.2, 0.25) is 0 Å². The minimum absolute atomic E-state index is 0.104. The van der Waals surface area contributed by atoms with Gasteiger partial charge in [0.25, 0.3) is 0 Å². The minimum atomic E-state index is -0.104. The highest BCUT2D eigenvalue weighted by Gasteiger charge is 2.26. The van der Waals surface area contributed by atoms with Gasteiger partial charge in [-0.05, 0) is 44.4 Å². The van der Waals surface area contributed by atoms with Crippen molar-refractivity contribution in [2.24, 2.45) is 4.99 Å². The minimum Gasteiger partial charge on any atom is -0.475 e. The SMILES string of the molecule is C=CC(CCCBr)c1ccc(C2=NC(C)(C)CO2)cc1. The van der Waals surface area contributed by atoms with Crippen molar-refractivity contribution < 1.29 is 4.74 Å². The molecule has 0 radical (unpaired) electrons. The van der Waals surface area contributed by atoms with E-state index in [9.17, 15) is 0 Å². The molecule has 2 nitrogen and oxygen atoms in total. The van der Waals surface area contributed by atoms with Crippen LogP contribution in [0.5, 0.6) is 0 Å². The van der Waals surface area contributed by atoms with E-state index in [1.165, 1.54) is 5.56 Å². The van der Waals surface area contributed by atoms with Crippen LogP contribution < -0.4 is 0 Å². The molecule has 1 atom stereocenters. The van der Waals surface area contributed by atoms with Crippen molar-refractivity contribution in [1.29, 1.82) is 0 Å². The molecular weight excluding hydrogens is 314 g/mol. The number of hydrogen-bond acceptors (Lipinski definition) is 2. The Hall–Kier alpha value is -1.09. The molecule has 1 aromatic carbocycles. The molecule has 3 heteroatoms. The first kappa shape index (κ1) is 15.3. The Morgan fingerprint density at radius 3 is 2.60 bits per heavy atom. The normalized spacial score (nSPS) is 18.2. The van der Waals surface area contributed by atoms with Crippen molar-refractivity contribution in [3.63, 3.8) is 0 Å². The summed E-state index contributed by atoms with van der Waals surface area (Å²) in [6.07, 6.45) is 4.31. The molecule has 1 aliphatic heterocycles. The summed E-state index contributed by atoms with van der Waals surface area (Å²) >= 11 is 3.48. The van der Waals surface area contributed by atoms with Crippen LogP contribution in [0.3, 0.4) is 0 Å². The summed E-state index contributed by atoms with van der Waals surface area (Å²) < 4.78 is 5.67. The lowest BCUT2D eigenvalue weighted by Crippen LogP contribution is -2.17. The molecule has 20 heavy (non-hydrogen) atoms. The molecule has 0 spiro atoms. The number of aliphatic imine (C=N–C) groups is 1. The number of alkyl halides is 1. The molecule has 0 amide bonds. The van der Waals surface area contributed by atoms with Crippen LogP contribution in [0.4, 0.5) is 0 Å². The number of nitrogens with zero attached hydrogens (tertiary/aromatic N) is 1. The largest absolute Gasteiger partial charge is 0.475 e. The zero-order valence-electron chi connectivity index (χ0n) is 12.2. The van der Waals surface area contributed by atoms with Crippen LogP contribution in [-0.2, 0) is 4.74 Å². The highest BCUT2D eigenvalue weighted by Crippen LogP contribution is 2.25. The maximum atomic E-state index is 5.67. The lowest BCUT2D eigenvalue weighted by atomic mass is 9.94. The lowest BCUT2D eigenvalue weighted by molar-refractivity contribution is 0.279. The molecule has 1 unspecified atom stereocenters. The van der Waals surface area contributed by atoms with E-state index in [2.05, 4.69) is 65.6 Å². The number of halogens is 1. The highest BCUT2D eigenvalue weighted by molar-refractivity contribution is 9.09. The summed E-state index contributed by atoms with van der Waals surface area (Å²) in [6.45, 7) is 8.77. The standard InChI is InChI=1S/C17H22BrNO/c1-4-13(6-5-11-18)14-7-9-15(10-8-14)16-19-17(2,3)12-20-16/h4,7-10,13H,1,5-6,11-12H2,2-3H3. The molecular formula is C17H22BrNO. The highest BCUT2D eigenvalue weighted by atomic mass is 79.9. The molecule has 0 fully saturated rings. The molecule has 1 aromatic rings. The Labute approximate surface area is 130 Å². The first-order valence-corrected chi connectivity index (χ1v) is 8.19. The number of rotatable bonds is 6. The average Bonchev–Trinajstić information content (AvgIpc) is 2.81. The van der Waals surface area contributed by atoms with Gasteiger partial charge in [-0.25, -0.2) is 4.99 Å². The third-order valence-corrected chi connectivity index (χ3v) is 4.05. The summed E-state index contributed by atoms with van der Waals surface area (Å²) in [4.78, 5) is 4.60. The van der Waals surface area contributed by atoms with Gasteiger partial charge < -0.3 is 4.74 Å². The van der Waals surface area contributed by atoms with Gasteiger partial charge in [0.2, 0.25) is 5.90 Å². The summed E-state index contributed by atoms with van der Waals surface area (Å²) in [5.41, 5.74) is 2.26. The first-order valence-electron chi connectivity index (χ1n) is 7.07. The molecule has 0 aliphatic carbocycles. The van der Waals surface area contributed by atoms with E-state index in [-0.39, 0.29) is 5.54 Å². The topological polar surface area (TPSA) is 21.6 Å². The van der Waals surface area contributed by atoms with Crippen molar-refractivity contribution in [2.75, 3.05) is 11.9 Å². The van der Waals surface area contributed by atoms with Gasteiger partial charge in [-0.15, -0.1) is 6.58 Å². The van der Waals surface area contributed by atoms with Crippen molar-refractivity contribution in [3.05, 3.63) is 48.0 Å². The average molecular weight is 336 g/mol. The Kier molecular flexibility index (Phi) is 5.03. The lowest BCUT2D eigenvalue weighted by Gasteiger charge is -2.12. The smallest absolute Gasteiger partial charge is 0.216 e. The van der Waals surface area contributed by atoms with Gasteiger partial charge in [-0.1, -0.05) is 34.1 Å². The number of hydrogen-bond donors (Lipinski definition) is 0. The van der Waals surface area contributed by atoms with Crippen molar-refractivity contribution >= 4 is 21.8 Å². The monoisotopic (exact) mass is 335 g/mol. The Balaban J connectivity index is 2.12. The maximum Gasteiger partial charge on any atom is 0.216 e. The summed E-state index contributed by atoms with van der Waals surface area (Å²) in [5.74, 6) is 1.18. The molecule has 2 rings (SSSR count). The quantitative estimate of drug-likeness (QED) is 0.546. The van der Waals surface area contributed by atoms with Gasteiger partial charge in [0.15, 0.2) is 0 Å². The number of benzene rings is 1. The third-order valence-electron chi connectivity index (χ3n) is 3.49. The van der Waals surface area contributed by atoms with E-state index >= 15 is 0 Å². The Bertz CT molecular complexity index is 490. The molecule has 0 saturated carbocycles. The number of allylic oxidation sites excluding steroid dienone is 1. The van der Waals surface area contributed by atoms with E-state index in [1.54, 1.807) is 0 Å². The second-order valence-electron chi connectivity index (χ2n) is 5.81. The van der Waals surface area contributed by atoms with Crippen molar-refractivity contribution in [1.82, 2.24) is 0 Å². The summed E-state index contributed by atoms with van der Waals surface area (Å²) in [5, 5.41) is 1.04. The summed E-state index contributed by atoms with van der Waals surface area (Å²) in [6, 6.07) is 8.51. The molecule has 108 valence electrons. The molecule has 0 aromatic heterocycles. The fourth-order valence-electron chi connectivity index (χ4n) is 2.32. The van der Waals surface area contributed by atoms with Gasteiger partial charge in [-0.3, -0.25) is 0 Å². The van der Waals surface area contributed by atoms with Gasteiger partial charge in [0.1, 0.15) is 6.61 Å². The van der Waals surface area contributed by atoms with Crippen LogP contribution >= 0.6 is 15.9 Å². The zero-order valence-corrected chi connectivity index (χ0v) is 13.8. The van der Waals surface area contributed by atoms with Gasteiger partial charge in [0, 0.05) is 16.8 Å². The molecule has 1 aliphatic rings. The zero-order chi connectivity index (χ0) is 14.6. The Morgan fingerprint density at radius 1 is 1.40 bits per heavy atom. The predicted molar refractivity (Wildman–Crippen MR) is 89.0 cm³/mol.